The van der Waals surface area contributed by atoms with Gasteiger partial charge in [-0.2, -0.15) is 11.8 Å². The first-order valence-corrected chi connectivity index (χ1v) is 7.59. The number of rotatable bonds is 4. The second-order valence-electron chi connectivity index (χ2n) is 4.66. The first-order valence-electron chi connectivity index (χ1n) is 6.54. The molecule has 0 saturated carbocycles. The van der Waals surface area contributed by atoms with Crippen LogP contribution in [0.1, 0.15) is 29.6 Å². The van der Waals surface area contributed by atoms with Crippen LogP contribution in [0.25, 0.3) is 0 Å². The zero-order valence-corrected chi connectivity index (χ0v) is 12.0. The van der Waals surface area contributed by atoms with Crippen molar-refractivity contribution >= 4 is 23.4 Å². The molecule has 2 rings (SSSR count). The molecule has 5 heteroatoms. The third kappa shape index (κ3) is 3.80. The van der Waals surface area contributed by atoms with Gasteiger partial charge in [0.05, 0.1) is 12.8 Å². The van der Waals surface area contributed by atoms with Gasteiger partial charge < -0.3 is 15.8 Å². The number of ether oxygens (including phenoxy) is 1. The Bertz CT molecular complexity index is 445. The summed E-state index contributed by atoms with van der Waals surface area (Å²) in [6.45, 7) is 0.732. The molecular formula is C14H20N2O2S. The molecule has 0 aromatic heterocycles. The molecule has 1 fully saturated rings. The molecule has 1 amide bonds. The fourth-order valence-corrected chi connectivity index (χ4v) is 3.39. The number of nitrogens with one attached hydrogen (secondary N) is 1. The van der Waals surface area contributed by atoms with Crippen molar-refractivity contribution in [2.24, 2.45) is 0 Å². The monoisotopic (exact) mass is 280 g/mol. The summed E-state index contributed by atoms with van der Waals surface area (Å²) in [6, 6.07) is 5.11. The number of carbonyl (C=O) groups is 1. The molecule has 3 N–H and O–H groups in total. The van der Waals surface area contributed by atoms with Gasteiger partial charge in [0.25, 0.3) is 5.91 Å². The van der Waals surface area contributed by atoms with Crippen molar-refractivity contribution in [3.05, 3.63) is 23.8 Å². The highest BCUT2D eigenvalue weighted by Gasteiger charge is 2.15. The van der Waals surface area contributed by atoms with E-state index < -0.39 is 0 Å². The Morgan fingerprint density at radius 1 is 1.53 bits per heavy atom. The predicted molar refractivity (Wildman–Crippen MR) is 79.8 cm³/mol. The number of hydrogen-bond acceptors (Lipinski definition) is 4. The van der Waals surface area contributed by atoms with E-state index in [9.17, 15) is 4.79 Å². The van der Waals surface area contributed by atoms with Crippen LogP contribution in [0.2, 0.25) is 0 Å². The first kappa shape index (κ1) is 14.1. The molecule has 0 radical (unpaired) electrons. The fourth-order valence-electron chi connectivity index (χ4n) is 2.15. The van der Waals surface area contributed by atoms with Crippen molar-refractivity contribution in [2.75, 3.05) is 25.1 Å². The second kappa shape index (κ2) is 6.70. The van der Waals surface area contributed by atoms with E-state index in [2.05, 4.69) is 5.32 Å². The van der Waals surface area contributed by atoms with E-state index in [-0.39, 0.29) is 5.91 Å². The maximum atomic E-state index is 12.0. The maximum absolute atomic E-state index is 12.0. The summed E-state index contributed by atoms with van der Waals surface area (Å²) in [7, 11) is 1.56. The molecule has 0 aliphatic carbocycles. The third-order valence-electron chi connectivity index (χ3n) is 3.26. The summed E-state index contributed by atoms with van der Waals surface area (Å²) < 4.78 is 5.07. The lowest BCUT2D eigenvalue weighted by molar-refractivity contribution is 0.0953. The summed E-state index contributed by atoms with van der Waals surface area (Å²) in [4.78, 5) is 12.0. The van der Waals surface area contributed by atoms with E-state index in [0.29, 0.717) is 22.3 Å². The van der Waals surface area contributed by atoms with Crippen molar-refractivity contribution in [1.29, 1.82) is 0 Å². The smallest absolute Gasteiger partial charge is 0.251 e. The highest BCUT2D eigenvalue weighted by molar-refractivity contribution is 7.99. The Hall–Kier alpha value is -1.36. The Balaban J connectivity index is 1.90. The van der Waals surface area contributed by atoms with Crippen LogP contribution in [0, 0.1) is 0 Å². The van der Waals surface area contributed by atoms with Crippen LogP contribution in [-0.2, 0) is 0 Å². The summed E-state index contributed by atoms with van der Waals surface area (Å²) in [5, 5.41) is 3.53. The number of benzene rings is 1. The standard InChI is InChI=1S/C14H20N2O2S/c1-18-13-6-5-10(8-12(13)15)14(17)16-9-11-4-2-3-7-19-11/h5-6,8,11H,2-4,7,9,15H2,1H3,(H,16,17). The van der Waals surface area contributed by atoms with E-state index in [1.165, 1.54) is 25.0 Å². The SMILES string of the molecule is COc1ccc(C(=O)NCC2CCCCS2)cc1N. The van der Waals surface area contributed by atoms with Crippen LogP contribution in [0.3, 0.4) is 0 Å². The Kier molecular flexibility index (Phi) is 4.96. The van der Waals surface area contributed by atoms with Gasteiger partial charge in [-0.1, -0.05) is 6.42 Å². The number of amides is 1. The van der Waals surface area contributed by atoms with Crippen LogP contribution >= 0.6 is 11.8 Å². The molecule has 1 aromatic rings. The van der Waals surface area contributed by atoms with Crippen molar-refractivity contribution in [3.8, 4) is 5.75 Å². The number of anilines is 1. The number of thioether (sulfide) groups is 1. The van der Waals surface area contributed by atoms with Gasteiger partial charge in [0.15, 0.2) is 0 Å². The van der Waals surface area contributed by atoms with E-state index in [0.717, 1.165) is 6.54 Å². The molecule has 1 aromatic carbocycles. The summed E-state index contributed by atoms with van der Waals surface area (Å²) in [6.07, 6.45) is 3.75. The molecule has 1 aliphatic heterocycles. The third-order valence-corrected chi connectivity index (χ3v) is 4.65. The average Bonchev–Trinajstić information content (AvgIpc) is 2.45. The Morgan fingerprint density at radius 2 is 2.37 bits per heavy atom. The maximum Gasteiger partial charge on any atom is 0.251 e. The largest absolute Gasteiger partial charge is 0.495 e. The molecule has 1 saturated heterocycles. The van der Waals surface area contributed by atoms with Gasteiger partial charge in [-0.25, -0.2) is 0 Å². The van der Waals surface area contributed by atoms with Gasteiger partial charge in [-0.3, -0.25) is 4.79 Å². The second-order valence-corrected chi connectivity index (χ2v) is 6.06. The van der Waals surface area contributed by atoms with Gasteiger partial charge in [0.2, 0.25) is 0 Å². The Morgan fingerprint density at radius 3 is 3.00 bits per heavy atom. The van der Waals surface area contributed by atoms with Gasteiger partial charge in [-0.15, -0.1) is 0 Å². The molecule has 0 bridgehead atoms. The minimum atomic E-state index is -0.0690. The van der Waals surface area contributed by atoms with Crippen molar-refractivity contribution in [2.45, 2.75) is 24.5 Å². The van der Waals surface area contributed by atoms with Crippen LogP contribution < -0.4 is 15.8 Å². The van der Waals surface area contributed by atoms with Gasteiger partial charge in [0.1, 0.15) is 5.75 Å². The van der Waals surface area contributed by atoms with Crippen molar-refractivity contribution in [3.63, 3.8) is 0 Å². The highest BCUT2D eigenvalue weighted by Crippen LogP contribution is 2.25. The zero-order chi connectivity index (χ0) is 13.7. The van der Waals surface area contributed by atoms with E-state index in [1.54, 1.807) is 25.3 Å². The molecule has 1 atom stereocenters. The molecule has 1 unspecified atom stereocenters. The van der Waals surface area contributed by atoms with E-state index in [4.69, 9.17) is 10.5 Å². The van der Waals surface area contributed by atoms with E-state index in [1.807, 2.05) is 11.8 Å². The fraction of sp³-hybridized carbons (Fsp3) is 0.500. The number of nitrogen functional groups attached to an aromatic ring is 1. The summed E-state index contributed by atoms with van der Waals surface area (Å²) in [5.41, 5.74) is 6.87. The lowest BCUT2D eigenvalue weighted by Gasteiger charge is -2.21. The normalized spacial score (nSPS) is 18.9. The number of nitrogens with two attached hydrogens (primary N) is 1. The van der Waals surface area contributed by atoms with Gasteiger partial charge >= 0.3 is 0 Å². The summed E-state index contributed by atoms with van der Waals surface area (Å²) in [5.74, 6) is 1.73. The summed E-state index contributed by atoms with van der Waals surface area (Å²) >= 11 is 1.95. The van der Waals surface area contributed by atoms with Gasteiger partial charge in [0, 0.05) is 17.4 Å². The quantitative estimate of drug-likeness (QED) is 0.831. The molecule has 4 nitrogen and oxygen atoms in total. The van der Waals surface area contributed by atoms with Crippen LogP contribution in [0.15, 0.2) is 18.2 Å². The number of carbonyl (C=O) groups excluding carboxylic acids is 1. The first-order chi connectivity index (χ1) is 9.20. The van der Waals surface area contributed by atoms with Crippen LogP contribution in [-0.4, -0.2) is 30.6 Å². The average molecular weight is 280 g/mol. The molecule has 1 aliphatic rings. The lowest BCUT2D eigenvalue weighted by atomic mass is 10.1. The predicted octanol–water partition coefficient (Wildman–Crippen LogP) is 2.29. The zero-order valence-electron chi connectivity index (χ0n) is 11.1. The highest BCUT2D eigenvalue weighted by atomic mass is 32.2. The number of hydrogen-bond donors (Lipinski definition) is 2. The molecule has 1 heterocycles. The Labute approximate surface area is 118 Å². The van der Waals surface area contributed by atoms with Crippen molar-refractivity contribution in [1.82, 2.24) is 5.32 Å². The van der Waals surface area contributed by atoms with E-state index >= 15 is 0 Å². The lowest BCUT2D eigenvalue weighted by Crippen LogP contribution is -2.31. The van der Waals surface area contributed by atoms with Crippen molar-refractivity contribution < 1.29 is 9.53 Å². The topological polar surface area (TPSA) is 64.3 Å². The molecule has 19 heavy (non-hydrogen) atoms. The minimum Gasteiger partial charge on any atom is -0.495 e. The molecule has 0 spiro atoms. The molecular weight excluding hydrogens is 260 g/mol. The van der Waals surface area contributed by atoms with Gasteiger partial charge in [-0.05, 0) is 36.8 Å². The number of methoxy groups -OCH3 is 1. The minimum absolute atomic E-state index is 0.0690. The van der Waals surface area contributed by atoms with Crippen LogP contribution in [0.5, 0.6) is 5.75 Å². The van der Waals surface area contributed by atoms with Crippen LogP contribution in [0.4, 0.5) is 5.69 Å². The molecule has 104 valence electrons.